The van der Waals surface area contributed by atoms with Gasteiger partial charge in [-0.2, -0.15) is 0 Å². The van der Waals surface area contributed by atoms with Crippen molar-refractivity contribution in [1.29, 1.82) is 0 Å². The highest BCUT2D eigenvalue weighted by molar-refractivity contribution is 5.71. The lowest BCUT2D eigenvalue weighted by Gasteiger charge is -2.18. The molecule has 0 bridgehead atoms. The predicted molar refractivity (Wildman–Crippen MR) is 284 cm³/mol. The molecule has 0 aromatic carbocycles. The van der Waals surface area contributed by atoms with Crippen molar-refractivity contribution in [2.24, 2.45) is 0 Å². The van der Waals surface area contributed by atoms with E-state index in [0.717, 1.165) is 103 Å². The van der Waals surface area contributed by atoms with Crippen molar-refractivity contribution < 1.29 is 28.6 Å². The fraction of sp³-hybridized carbons (Fsp3) is 0.817. The van der Waals surface area contributed by atoms with Gasteiger partial charge in [0.25, 0.3) is 0 Å². The third-order valence-electron chi connectivity index (χ3n) is 12.6. The number of hydrogen-bond donors (Lipinski definition) is 0. The van der Waals surface area contributed by atoms with Gasteiger partial charge in [-0.25, -0.2) is 0 Å². The SMILES string of the molecule is CC/C=C\C/C=C\C/C=C\CCCCCCCC(=O)OC(COC(=O)CCCCCCC/C=C\CCCCCCCC)COC(=O)CCCCCCCCCCCCCCCCCCCC. The van der Waals surface area contributed by atoms with Gasteiger partial charge >= 0.3 is 17.9 Å². The second kappa shape index (κ2) is 55.0. The molecule has 0 aliphatic carbocycles. The number of unbranched alkanes of at least 4 members (excludes halogenated alkanes) is 33. The zero-order valence-corrected chi connectivity index (χ0v) is 44.0. The lowest BCUT2D eigenvalue weighted by Crippen LogP contribution is -2.30. The summed E-state index contributed by atoms with van der Waals surface area (Å²) in [5.41, 5.74) is 0. The lowest BCUT2D eigenvalue weighted by atomic mass is 10.0. The highest BCUT2D eigenvalue weighted by Gasteiger charge is 2.19. The number of rotatable bonds is 52. The molecule has 0 N–H and O–H groups in total. The smallest absolute Gasteiger partial charge is 0.306 e. The minimum atomic E-state index is -0.783. The second-order valence-electron chi connectivity index (χ2n) is 19.2. The van der Waals surface area contributed by atoms with E-state index in [9.17, 15) is 14.4 Å². The first-order chi connectivity index (χ1) is 32.5. The highest BCUT2D eigenvalue weighted by atomic mass is 16.6. The molecule has 66 heavy (non-hydrogen) atoms. The van der Waals surface area contributed by atoms with E-state index in [-0.39, 0.29) is 31.1 Å². The molecule has 384 valence electrons. The average Bonchev–Trinajstić information content (AvgIpc) is 3.31. The van der Waals surface area contributed by atoms with Gasteiger partial charge in [-0.1, -0.05) is 249 Å². The van der Waals surface area contributed by atoms with E-state index < -0.39 is 6.10 Å². The molecule has 0 saturated carbocycles. The molecule has 0 heterocycles. The third-order valence-corrected chi connectivity index (χ3v) is 12.6. The predicted octanol–water partition coefficient (Wildman–Crippen LogP) is 19.0. The molecular weight excluding hydrogens is 817 g/mol. The Morgan fingerprint density at radius 2 is 0.591 bits per heavy atom. The van der Waals surface area contributed by atoms with Crippen LogP contribution < -0.4 is 0 Å². The summed E-state index contributed by atoms with van der Waals surface area (Å²) in [5.74, 6) is -0.891. The number of hydrogen-bond acceptors (Lipinski definition) is 6. The van der Waals surface area contributed by atoms with Crippen molar-refractivity contribution in [3.63, 3.8) is 0 Å². The van der Waals surface area contributed by atoms with Crippen LogP contribution in [-0.2, 0) is 28.6 Å². The molecule has 0 radical (unpaired) electrons. The Morgan fingerprint density at radius 3 is 0.939 bits per heavy atom. The molecule has 0 fully saturated rings. The molecule has 0 spiro atoms. The van der Waals surface area contributed by atoms with Crippen molar-refractivity contribution in [1.82, 2.24) is 0 Å². The molecule has 0 aliphatic heterocycles. The van der Waals surface area contributed by atoms with Gasteiger partial charge in [0.05, 0.1) is 0 Å². The number of esters is 3. The summed E-state index contributed by atoms with van der Waals surface area (Å²) >= 11 is 0. The van der Waals surface area contributed by atoms with Gasteiger partial charge in [-0.3, -0.25) is 14.4 Å². The molecule has 1 atom stereocenters. The summed E-state index contributed by atoms with van der Waals surface area (Å²) in [6, 6.07) is 0. The molecule has 1 unspecified atom stereocenters. The van der Waals surface area contributed by atoms with E-state index in [4.69, 9.17) is 14.2 Å². The normalized spacial score (nSPS) is 12.3. The Kier molecular flexibility index (Phi) is 52.8. The zero-order chi connectivity index (χ0) is 47.9. The van der Waals surface area contributed by atoms with Crippen LogP contribution in [0, 0.1) is 0 Å². The highest BCUT2D eigenvalue weighted by Crippen LogP contribution is 2.16. The van der Waals surface area contributed by atoms with Gasteiger partial charge in [0, 0.05) is 19.3 Å². The van der Waals surface area contributed by atoms with Gasteiger partial charge in [0.1, 0.15) is 13.2 Å². The van der Waals surface area contributed by atoms with E-state index in [2.05, 4.69) is 69.4 Å². The Bertz CT molecular complexity index is 1150. The summed E-state index contributed by atoms with van der Waals surface area (Å²) < 4.78 is 16.9. The van der Waals surface area contributed by atoms with E-state index in [1.807, 2.05) is 0 Å². The standard InChI is InChI=1S/C60H108O6/c1-4-7-10-13-16-19-22-25-28-29-30-33-35-38-41-44-47-50-53-59(62)65-56-57(66-60(63)54-51-48-45-42-39-36-32-27-24-21-18-15-12-9-6-3)55-64-58(61)52-49-46-43-40-37-34-31-26-23-20-17-14-11-8-5-2/h9,12,18,21,26-27,31-32,57H,4-8,10-11,13-17,19-20,22-25,28-30,33-56H2,1-3H3/b12-9-,21-18-,31-26-,32-27-. The van der Waals surface area contributed by atoms with E-state index in [0.29, 0.717) is 19.3 Å². The maximum atomic E-state index is 12.8. The fourth-order valence-corrected chi connectivity index (χ4v) is 8.28. The minimum absolute atomic E-state index is 0.0798. The van der Waals surface area contributed by atoms with Crippen molar-refractivity contribution >= 4 is 17.9 Å². The Hall–Kier alpha value is -2.63. The van der Waals surface area contributed by atoms with Crippen molar-refractivity contribution in [3.8, 4) is 0 Å². The first-order valence-electron chi connectivity index (χ1n) is 28.6. The van der Waals surface area contributed by atoms with Gasteiger partial charge in [-0.15, -0.1) is 0 Å². The topological polar surface area (TPSA) is 78.9 Å². The molecule has 6 nitrogen and oxygen atoms in total. The monoisotopic (exact) mass is 925 g/mol. The van der Waals surface area contributed by atoms with Crippen molar-refractivity contribution in [3.05, 3.63) is 48.6 Å². The Morgan fingerprint density at radius 1 is 0.318 bits per heavy atom. The molecule has 0 rings (SSSR count). The van der Waals surface area contributed by atoms with Crippen LogP contribution in [0.25, 0.3) is 0 Å². The molecule has 6 heteroatoms. The third kappa shape index (κ3) is 52.3. The van der Waals surface area contributed by atoms with Crippen LogP contribution in [0.2, 0.25) is 0 Å². The van der Waals surface area contributed by atoms with Gasteiger partial charge in [-0.05, 0) is 77.0 Å². The van der Waals surface area contributed by atoms with Crippen LogP contribution >= 0.6 is 0 Å². The molecule has 0 aromatic heterocycles. The van der Waals surface area contributed by atoms with Crippen LogP contribution in [0.15, 0.2) is 48.6 Å². The van der Waals surface area contributed by atoms with Gasteiger partial charge < -0.3 is 14.2 Å². The molecule has 0 amide bonds. The van der Waals surface area contributed by atoms with E-state index in [1.54, 1.807) is 0 Å². The minimum Gasteiger partial charge on any atom is -0.462 e. The fourth-order valence-electron chi connectivity index (χ4n) is 8.28. The van der Waals surface area contributed by atoms with Crippen LogP contribution in [0.5, 0.6) is 0 Å². The Labute approximate surface area is 409 Å². The molecule has 0 saturated heterocycles. The van der Waals surface area contributed by atoms with Crippen molar-refractivity contribution in [2.75, 3.05) is 13.2 Å². The summed E-state index contributed by atoms with van der Waals surface area (Å²) in [7, 11) is 0. The second-order valence-corrected chi connectivity index (χ2v) is 19.2. The van der Waals surface area contributed by atoms with Crippen LogP contribution in [-0.4, -0.2) is 37.2 Å². The summed E-state index contributed by atoms with van der Waals surface area (Å²) in [6.45, 7) is 6.54. The molecule has 0 aromatic rings. The summed E-state index contributed by atoms with van der Waals surface area (Å²) in [6.07, 6.45) is 66.7. The number of carbonyl (C=O) groups excluding carboxylic acids is 3. The van der Waals surface area contributed by atoms with Crippen LogP contribution in [0.1, 0.15) is 297 Å². The quantitative estimate of drug-likeness (QED) is 0.0262. The zero-order valence-electron chi connectivity index (χ0n) is 44.0. The maximum absolute atomic E-state index is 12.8. The first kappa shape index (κ1) is 63.4. The van der Waals surface area contributed by atoms with E-state index in [1.165, 1.54) is 154 Å². The summed E-state index contributed by atoms with van der Waals surface area (Å²) in [5, 5.41) is 0. The van der Waals surface area contributed by atoms with Gasteiger partial charge in [0.2, 0.25) is 0 Å². The number of carbonyl (C=O) groups is 3. The Balaban J connectivity index is 4.36. The summed E-state index contributed by atoms with van der Waals surface area (Å²) in [4.78, 5) is 38.1. The lowest BCUT2D eigenvalue weighted by molar-refractivity contribution is -0.167. The van der Waals surface area contributed by atoms with E-state index >= 15 is 0 Å². The number of allylic oxidation sites excluding steroid dienone is 8. The molecular formula is C60H108O6. The maximum Gasteiger partial charge on any atom is 0.306 e. The first-order valence-corrected chi connectivity index (χ1v) is 28.6. The number of ether oxygens (including phenoxy) is 3. The van der Waals surface area contributed by atoms with Crippen LogP contribution in [0.3, 0.4) is 0 Å². The van der Waals surface area contributed by atoms with Gasteiger partial charge in [0.15, 0.2) is 6.10 Å². The average molecular weight is 926 g/mol. The largest absolute Gasteiger partial charge is 0.462 e. The van der Waals surface area contributed by atoms with Crippen LogP contribution in [0.4, 0.5) is 0 Å². The molecule has 0 aliphatic rings. The van der Waals surface area contributed by atoms with Crippen molar-refractivity contribution in [2.45, 2.75) is 303 Å².